The fourth-order valence-electron chi connectivity index (χ4n) is 2.35. The maximum absolute atomic E-state index is 12.1. The van der Waals surface area contributed by atoms with Crippen LogP contribution in [0.15, 0.2) is 54.6 Å². The van der Waals surface area contributed by atoms with Crippen LogP contribution in [-0.4, -0.2) is 12.5 Å². The summed E-state index contributed by atoms with van der Waals surface area (Å²) in [5.74, 6) is 0.593. The van der Waals surface area contributed by atoms with Crippen molar-refractivity contribution in [1.82, 2.24) is 5.32 Å². The van der Waals surface area contributed by atoms with Crippen LogP contribution in [0.25, 0.3) is 0 Å². The molecule has 1 amide bonds. The molecule has 1 fully saturated rings. The van der Waals surface area contributed by atoms with Crippen LogP contribution in [0.2, 0.25) is 5.02 Å². The monoisotopic (exact) mass is 301 g/mol. The molecule has 0 saturated heterocycles. The smallest absolute Gasteiger partial charge is 0.258 e. The first-order chi connectivity index (χ1) is 10.2. The number of hydrogen-bond acceptors (Lipinski definition) is 2. The lowest BCUT2D eigenvalue weighted by Crippen LogP contribution is -2.38. The van der Waals surface area contributed by atoms with Crippen LogP contribution in [0.5, 0.6) is 5.75 Å². The minimum absolute atomic E-state index is 0.0271. The van der Waals surface area contributed by atoms with E-state index < -0.39 is 0 Å². The van der Waals surface area contributed by atoms with E-state index in [4.69, 9.17) is 16.3 Å². The van der Waals surface area contributed by atoms with Crippen LogP contribution in [-0.2, 0) is 10.3 Å². The Hall–Kier alpha value is -2.00. The van der Waals surface area contributed by atoms with Gasteiger partial charge in [-0.1, -0.05) is 41.9 Å². The predicted octanol–water partition coefficient (Wildman–Crippen LogP) is 3.52. The van der Waals surface area contributed by atoms with E-state index in [0.717, 1.165) is 18.4 Å². The zero-order valence-corrected chi connectivity index (χ0v) is 12.3. The molecule has 0 unspecified atom stereocenters. The first-order valence-corrected chi connectivity index (χ1v) is 7.31. The van der Waals surface area contributed by atoms with Gasteiger partial charge in [0.15, 0.2) is 6.61 Å². The van der Waals surface area contributed by atoms with Crippen LogP contribution < -0.4 is 10.1 Å². The molecule has 0 aromatic heterocycles. The highest BCUT2D eigenvalue weighted by Crippen LogP contribution is 2.45. The average molecular weight is 302 g/mol. The van der Waals surface area contributed by atoms with Crippen LogP contribution in [0, 0.1) is 0 Å². The Morgan fingerprint density at radius 1 is 1.10 bits per heavy atom. The van der Waals surface area contributed by atoms with Crippen molar-refractivity contribution in [3.8, 4) is 5.75 Å². The first kappa shape index (κ1) is 14.0. The first-order valence-electron chi connectivity index (χ1n) is 6.93. The maximum atomic E-state index is 12.1. The zero-order valence-electron chi connectivity index (χ0n) is 11.5. The van der Waals surface area contributed by atoms with Gasteiger partial charge in [-0.2, -0.15) is 0 Å². The van der Waals surface area contributed by atoms with Gasteiger partial charge in [-0.05, 0) is 42.7 Å². The molecule has 3 nitrogen and oxygen atoms in total. The van der Waals surface area contributed by atoms with Crippen LogP contribution in [0.1, 0.15) is 18.4 Å². The molecule has 4 heteroatoms. The fourth-order valence-corrected chi connectivity index (χ4v) is 2.47. The van der Waals surface area contributed by atoms with Gasteiger partial charge in [0.05, 0.1) is 5.54 Å². The molecule has 3 rings (SSSR count). The van der Waals surface area contributed by atoms with Crippen molar-refractivity contribution in [1.29, 1.82) is 0 Å². The number of carbonyl (C=O) groups is 1. The van der Waals surface area contributed by atoms with E-state index in [1.54, 1.807) is 0 Å². The Bertz CT molecular complexity index is 621. The molecule has 0 bridgehead atoms. The largest absolute Gasteiger partial charge is 0.484 e. The Kier molecular flexibility index (Phi) is 3.84. The number of halogens is 1. The van der Waals surface area contributed by atoms with Gasteiger partial charge in [-0.3, -0.25) is 4.79 Å². The van der Waals surface area contributed by atoms with E-state index in [-0.39, 0.29) is 18.1 Å². The molecule has 0 aliphatic heterocycles. The fraction of sp³-hybridized carbons (Fsp3) is 0.235. The summed E-state index contributed by atoms with van der Waals surface area (Å²) in [5, 5.41) is 3.77. The summed E-state index contributed by atoms with van der Waals surface area (Å²) in [7, 11) is 0. The molecule has 1 aliphatic carbocycles. The number of benzene rings is 2. The second-order valence-electron chi connectivity index (χ2n) is 5.24. The Morgan fingerprint density at radius 2 is 1.76 bits per heavy atom. The number of ether oxygens (including phenoxy) is 1. The van der Waals surface area contributed by atoms with Crippen molar-refractivity contribution in [3.63, 3.8) is 0 Å². The highest BCUT2D eigenvalue weighted by Gasteiger charge is 2.45. The normalized spacial score (nSPS) is 15.3. The lowest BCUT2D eigenvalue weighted by atomic mass is 10.1. The molecular weight excluding hydrogens is 286 g/mol. The summed E-state index contributed by atoms with van der Waals surface area (Å²) in [6, 6.07) is 17.0. The Labute approximate surface area is 128 Å². The minimum atomic E-state index is -0.234. The molecule has 1 saturated carbocycles. The SMILES string of the molecule is O=C(COc1ccccc1)NC1(c2ccc(Cl)cc2)CC1. The van der Waals surface area contributed by atoms with Gasteiger partial charge in [-0.25, -0.2) is 0 Å². The zero-order chi connectivity index (χ0) is 14.7. The summed E-state index contributed by atoms with van der Waals surface area (Å²) < 4.78 is 5.46. The molecule has 108 valence electrons. The second kappa shape index (κ2) is 5.78. The second-order valence-corrected chi connectivity index (χ2v) is 5.68. The molecule has 0 radical (unpaired) electrons. The van der Waals surface area contributed by atoms with Crippen LogP contribution in [0.3, 0.4) is 0 Å². The molecule has 2 aromatic carbocycles. The maximum Gasteiger partial charge on any atom is 0.258 e. The number of hydrogen-bond donors (Lipinski definition) is 1. The van der Waals surface area contributed by atoms with E-state index in [1.165, 1.54) is 0 Å². The molecule has 1 aliphatic rings. The van der Waals surface area contributed by atoms with Gasteiger partial charge in [0, 0.05) is 5.02 Å². The van der Waals surface area contributed by atoms with E-state index in [0.29, 0.717) is 10.8 Å². The molecule has 21 heavy (non-hydrogen) atoms. The Balaban J connectivity index is 1.58. The molecule has 2 aromatic rings. The van der Waals surface area contributed by atoms with Crippen molar-refractivity contribution in [2.24, 2.45) is 0 Å². The van der Waals surface area contributed by atoms with Gasteiger partial charge in [0.1, 0.15) is 5.75 Å². The van der Waals surface area contributed by atoms with Gasteiger partial charge in [-0.15, -0.1) is 0 Å². The van der Waals surface area contributed by atoms with Crippen molar-refractivity contribution in [2.45, 2.75) is 18.4 Å². The van der Waals surface area contributed by atoms with Gasteiger partial charge >= 0.3 is 0 Å². The van der Waals surface area contributed by atoms with E-state index >= 15 is 0 Å². The van der Waals surface area contributed by atoms with E-state index in [2.05, 4.69) is 5.32 Å². The highest BCUT2D eigenvalue weighted by molar-refractivity contribution is 6.30. The third-order valence-electron chi connectivity index (χ3n) is 3.64. The molecule has 0 atom stereocenters. The lowest BCUT2D eigenvalue weighted by molar-refractivity contribution is -0.124. The van der Waals surface area contributed by atoms with Gasteiger partial charge in [0.2, 0.25) is 0 Å². The summed E-state index contributed by atoms with van der Waals surface area (Å²) >= 11 is 5.90. The standard InChI is InChI=1S/C17H16ClNO2/c18-14-8-6-13(7-9-14)17(10-11-17)19-16(20)12-21-15-4-2-1-3-5-15/h1-9H,10-12H2,(H,19,20). The summed E-state index contributed by atoms with van der Waals surface area (Å²) in [6.07, 6.45) is 1.90. The van der Waals surface area contributed by atoms with Gasteiger partial charge in [0.25, 0.3) is 5.91 Å². The third kappa shape index (κ3) is 3.37. The van der Waals surface area contributed by atoms with E-state index in [1.807, 2.05) is 54.6 Å². The number of carbonyl (C=O) groups excluding carboxylic acids is 1. The topological polar surface area (TPSA) is 38.3 Å². The number of amides is 1. The number of para-hydroxylation sites is 1. The Morgan fingerprint density at radius 3 is 2.38 bits per heavy atom. The number of rotatable bonds is 5. The highest BCUT2D eigenvalue weighted by atomic mass is 35.5. The van der Waals surface area contributed by atoms with Crippen molar-refractivity contribution >= 4 is 17.5 Å². The van der Waals surface area contributed by atoms with Crippen molar-refractivity contribution in [2.75, 3.05) is 6.61 Å². The quantitative estimate of drug-likeness (QED) is 0.917. The summed E-state index contributed by atoms with van der Waals surface area (Å²) in [5.41, 5.74) is 0.863. The van der Waals surface area contributed by atoms with E-state index in [9.17, 15) is 4.79 Å². The predicted molar refractivity (Wildman–Crippen MR) is 82.4 cm³/mol. The molecule has 0 spiro atoms. The summed E-state index contributed by atoms with van der Waals surface area (Å²) in [6.45, 7) is 0.0271. The lowest BCUT2D eigenvalue weighted by Gasteiger charge is -2.18. The van der Waals surface area contributed by atoms with Crippen LogP contribution in [0.4, 0.5) is 0 Å². The average Bonchev–Trinajstić information content (AvgIpc) is 3.27. The third-order valence-corrected chi connectivity index (χ3v) is 3.89. The van der Waals surface area contributed by atoms with Crippen LogP contribution >= 0.6 is 11.6 Å². The number of nitrogens with one attached hydrogen (secondary N) is 1. The van der Waals surface area contributed by atoms with Crippen molar-refractivity contribution < 1.29 is 9.53 Å². The van der Waals surface area contributed by atoms with Gasteiger partial charge < -0.3 is 10.1 Å². The minimum Gasteiger partial charge on any atom is -0.484 e. The molecular formula is C17H16ClNO2. The molecule has 1 N–H and O–H groups in total. The summed E-state index contributed by atoms with van der Waals surface area (Å²) in [4.78, 5) is 12.1. The van der Waals surface area contributed by atoms with Crippen molar-refractivity contribution in [3.05, 3.63) is 65.2 Å². The molecule has 0 heterocycles.